The van der Waals surface area contributed by atoms with Crippen molar-refractivity contribution in [1.29, 1.82) is 0 Å². The van der Waals surface area contributed by atoms with Gasteiger partial charge in [-0.1, -0.05) is 0 Å². The molecule has 0 N–H and O–H groups in total. The van der Waals surface area contributed by atoms with Crippen LogP contribution in [0.3, 0.4) is 0 Å². The van der Waals surface area contributed by atoms with E-state index in [-0.39, 0.29) is 5.82 Å². The van der Waals surface area contributed by atoms with Gasteiger partial charge >= 0.3 is 0 Å². The Labute approximate surface area is 110 Å². The van der Waals surface area contributed by atoms with Gasteiger partial charge in [0, 0.05) is 24.5 Å². The smallest absolute Gasteiger partial charge is 0.153 e. The van der Waals surface area contributed by atoms with Gasteiger partial charge in [0.25, 0.3) is 0 Å². The van der Waals surface area contributed by atoms with E-state index in [1.165, 1.54) is 13.2 Å². The highest BCUT2D eigenvalue weighted by atomic mass is 19.1. The number of pyridine rings is 1. The average molecular weight is 262 g/mol. The van der Waals surface area contributed by atoms with Crippen LogP contribution in [0.1, 0.15) is 0 Å². The third kappa shape index (κ3) is 2.33. The molecule has 0 atom stereocenters. The summed E-state index contributed by atoms with van der Waals surface area (Å²) in [4.78, 5) is 6.41. The lowest BCUT2D eigenvalue weighted by Gasteiger charge is -2.28. The number of halogens is 1. The second-order valence-corrected chi connectivity index (χ2v) is 4.47. The Bertz CT molecular complexity index is 597. The van der Waals surface area contributed by atoms with Gasteiger partial charge in [0.2, 0.25) is 0 Å². The quantitative estimate of drug-likeness (QED) is 0.831. The van der Waals surface area contributed by atoms with Gasteiger partial charge in [-0.3, -0.25) is 4.98 Å². The van der Waals surface area contributed by atoms with Crippen molar-refractivity contribution >= 4 is 16.6 Å². The van der Waals surface area contributed by atoms with Crippen LogP contribution in [-0.2, 0) is 4.74 Å². The Kier molecular flexibility index (Phi) is 3.21. The summed E-state index contributed by atoms with van der Waals surface area (Å²) in [5.74, 6) is 0.147. The van der Waals surface area contributed by atoms with E-state index in [0.717, 1.165) is 24.2 Å². The molecule has 0 aliphatic carbocycles. The maximum absolute atomic E-state index is 13.8. The lowest BCUT2D eigenvalue weighted by Crippen LogP contribution is -2.36. The number of nitrogens with zero attached hydrogens (tertiary/aromatic N) is 2. The van der Waals surface area contributed by atoms with Crippen LogP contribution in [0, 0.1) is 5.82 Å². The summed E-state index contributed by atoms with van der Waals surface area (Å²) in [6.45, 7) is 3.09. The molecule has 0 saturated carbocycles. The molecule has 3 rings (SSSR count). The predicted octanol–water partition coefficient (Wildman–Crippen LogP) is 2.22. The monoisotopic (exact) mass is 262 g/mol. The van der Waals surface area contributed by atoms with Crippen LogP contribution in [0.25, 0.3) is 10.9 Å². The summed E-state index contributed by atoms with van der Waals surface area (Å²) in [7, 11) is 1.53. The first-order valence-electron chi connectivity index (χ1n) is 6.24. The van der Waals surface area contributed by atoms with E-state index >= 15 is 0 Å². The zero-order chi connectivity index (χ0) is 13.2. The minimum Gasteiger partial charge on any atom is -0.497 e. The summed E-state index contributed by atoms with van der Waals surface area (Å²) in [6, 6.07) is 5.10. The van der Waals surface area contributed by atoms with Crippen LogP contribution in [0.4, 0.5) is 10.1 Å². The molecular formula is C14H15FN2O2. The minimum atomic E-state index is -0.358. The van der Waals surface area contributed by atoms with Crippen molar-refractivity contribution in [3.05, 3.63) is 30.2 Å². The molecule has 0 amide bonds. The van der Waals surface area contributed by atoms with E-state index in [0.29, 0.717) is 24.5 Å². The lowest BCUT2D eigenvalue weighted by molar-refractivity contribution is 0.122. The molecule has 1 aliphatic rings. The molecule has 0 radical (unpaired) electrons. The average Bonchev–Trinajstić information content (AvgIpc) is 2.47. The third-order valence-corrected chi connectivity index (χ3v) is 3.31. The topological polar surface area (TPSA) is 34.6 Å². The molecule has 5 heteroatoms. The van der Waals surface area contributed by atoms with Crippen LogP contribution in [-0.4, -0.2) is 38.4 Å². The lowest BCUT2D eigenvalue weighted by atomic mass is 10.2. The normalized spacial score (nSPS) is 15.8. The SMILES string of the molecule is COc1cc(F)c2ncc(N3CCOCC3)cc2c1. The van der Waals surface area contributed by atoms with Gasteiger partial charge in [-0.05, 0) is 12.1 Å². The third-order valence-electron chi connectivity index (χ3n) is 3.31. The zero-order valence-electron chi connectivity index (χ0n) is 10.7. The Morgan fingerprint density at radius 1 is 1.26 bits per heavy atom. The van der Waals surface area contributed by atoms with Crippen LogP contribution in [0.2, 0.25) is 0 Å². The number of benzene rings is 1. The Hall–Kier alpha value is -1.88. The van der Waals surface area contributed by atoms with Crippen molar-refractivity contribution in [3.63, 3.8) is 0 Å². The number of ether oxygens (including phenoxy) is 2. The van der Waals surface area contributed by atoms with Crippen molar-refractivity contribution in [1.82, 2.24) is 4.98 Å². The highest BCUT2D eigenvalue weighted by Gasteiger charge is 2.13. The molecular weight excluding hydrogens is 247 g/mol. The first-order valence-corrected chi connectivity index (χ1v) is 6.24. The number of methoxy groups -OCH3 is 1. The van der Waals surface area contributed by atoms with Gasteiger partial charge < -0.3 is 14.4 Å². The second kappa shape index (κ2) is 5.01. The molecule has 1 saturated heterocycles. The molecule has 0 bridgehead atoms. The largest absolute Gasteiger partial charge is 0.497 e. The molecule has 19 heavy (non-hydrogen) atoms. The number of fused-ring (bicyclic) bond motifs is 1. The molecule has 1 aliphatic heterocycles. The van der Waals surface area contributed by atoms with E-state index in [4.69, 9.17) is 9.47 Å². The van der Waals surface area contributed by atoms with Crippen molar-refractivity contribution in [2.75, 3.05) is 38.3 Å². The number of morpholine rings is 1. The van der Waals surface area contributed by atoms with Crippen molar-refractivity contribution in [2.24, 2.45) is 0 Å². The van der Waals surface area contributed by atoms with E-state index in [2.05, 4.69) is 9.88 Å². The number of rotatable bonds is 2. The molecule has 4 nitrogen and oxygen atoms in total. The minimum absolute atomic E-state index is 0.358. The molecule has 0 spiro atoms. The van der Waals surface area contributed by atoms with Gasteiger partial charge in [0.1, 0.15) is 11.3 Å². The Balaban J connectivity index is 2.03. The van der Waals surface area contributed by atoms with Crippen LogP contribution in [0.15, 0.2) is 24.4 Å². The summed E-state index contributed by atoms with van der Waals surface area (Å²) in [5.41, 5.74) is 1.36. The fourth-order valence-corrected chi connectivity index (χ4v) is 2.28. The van der Waals surface area contributed by atoms with Crippen LogP contribution >= 0.6 is 0 Å². The van der Waals surface area contributed by atoms with Crippen molar-refractivity contribution in [3.8, 4) is 5.75 Å². The number of anilines is 1. The van der Waals surface area contributed by atoms with Crippen molar-refractivity contribution in [2.45, 2.75) is 0 Å². The zero-order valence-corrected chi connectivity index (χ0v) is 10.7. The molecule has 0 unspecified atom stereocenters. The second-order valence-electron chi connectivity index (χ2n) is 4.47. The van der Waals surface area contributed by atoms with E-state index in [9.17, 15) is 4.39 Å². The van der Waals surface area contributed by atoms with Crippen molar-refractivity contribution < 1.29 is 13.9 Å². The maximum atomic E-state index is 13.8. The van der Waals surface area contributed by atoms with Gasteiger partial charge in [-0.15, -0.1) is 0 Å². The van der Waals surface area contributed by atoms with E-state index in [1.54, 1.807) is 12.3 Å². The van der Waals surface area contributed by atoms with E-state index < -0.39 is 0 Å². The molecule has 2 heterocycles. The summed E-state index contributed by atoms with van der Waals surface area (Å²) in [6.07, 6.45) is 1.71. The molecule has 1 aromatic carbocycles. The highest BCUT2D eigenvalue weighted by Crippen LogP contribution is 2.26. The van der Waals surface area contributed by atoms with Gasteiger partial charge in [0.15, 0.2) is 5.82 Å². The van der Waals surface area contributed by atoms with E-state index in [1.807, 2.05) is 6.07 Å². The first kappa shape index (κ1) is 12.2. The molecule has 2 aromatic rings. The highest BCUT2D eigenvalue weighted by molar-refractivity contribution is 5.83. The molecule has 1 aromatic heterocycles. The molecule has 100 valence electrons. The maximum Gasteiger partial charge on any atom is 0.153 e. The summed E-state index contributed by atoms with van der Waals surface area (Å²) >= 11 is 0. The standard InChI is InChI=1S/C14H15FN2O2/c1-18-12-7-10-6-11(17-2-4-19-5-3-17)9-16-14(10)13(15)8-12/h6-9H,2-5H2,1H3. The Morgan fingerprint density at radius 2 is 2.05 bits per heavy atom. The number of hydrogen-bond donors (Lipinski definition) is 0. The Morgan fingerprint density at radius 3 is 2.79 bits per heavy atom. The molecule has 1 fully saturated rings. The van der Waals surface area contributed by atoms with Gasteiger partial charge in [-0.25, -0.2) is 4.39 Å². The van der Waals surface area contributed by atoms with Crippen LogP contribution < -0.4 is 9.64 Å². The fraction of sp³-hybridized carbons (Fsp3) is 0.357. The van der Waals surface area contributed by atoms with Gasteiger partial charge in [-0.2, -0.15) is 0 Å². The summed E-state index contributed by atoms with van der Waals surface area (Å²) in [5, 5.41) is 0.751. The number of hydrogen-bond acceptors (Lipinski definition) is 4. The number of aromatic nitrogens is 1. The van der Waals surface area contributed by atoms with Crippen LogP contribution in [0.5, 0.6) is 5.75 Å². The first-order chi connectivity index (χ1) is 9.28. The van der Waals surface area contributed by atoms with Gasteiger partial charge in [0.05, 0.1) is 32.2 Å². The fourth-order valence-electron chi connectivity index (χ4n) is 2.28. The summed E-state index contributed by atoms with van der Waals surface area (Å²) < 4.78 is 24.2. The predicted molar refractivity (Wildman–Crippen MR) is 71.3 cm³/mol.